The first kappa shape index (κ1) is 16.5. The minimum atomic E-state index is -0.0957. The second kappa shape index (κ2) is 8.46. The summed E-state index contributed by atoms with van der Waals surface area (Å²) in [6, 6.07) is 24.3. The topological polar surface area (TPSA) is 29.1 Å². The zero-order valence-electron chi connectivity index (χ0n) is 13.5. The van der Waals surface area contributed by atoms with Crippen LogP contribution in [0.1, 0.15) is 34.9 Å². The van der Waals surface area contributed by atoms with E-state index >= 15 is 0 Å². The average Bonchev–Trinajstić information content (AvgIpc) is 3.15. The quantitative estimate of drug-likeness (QED) is 0.648. The first-order valence-electron chi connectivity index (χ1n) is 8.24. The smallest absolute Gasteiger partial charge is 0.220 e. The van der Waals surface area contributed by atoms with Gasteiger partial charge in [0.1, 0.15) is 0 Å². The van der Waals surface area contributed by atoms with Crippen molar-refractivity contribution in [2.45, 2.75) is 25.3 Å². The van der Waals surface area contributed by atoms with E-state index in [0.717, 1.165) is 24.0 Å². The monoisotopic (exact) mass is 335 g/mol. The van der Waals surface area contributed by atoms with Gasteiger partial charge in [-0.3, -0.25) is 4.79 Å². The largest absolute Gasteiger partial charge is 0.345 e. The molecule has 3 heteroatoms. The van der Waals surface area contributed by atoms with Crippen LogP contribution in [0.3, 0.4) is 0 Å². The molecule has 1 amide bonds. The predicted octanol–water partition coefficient (Wildman–Crippen LogP) is 4.98. The van der Waals surface area contributed by atoms with Gasteiger partial charge in [-0.25, -0.2) is 0 Å². The summed E-state index contributed by atoms with van der Waals surface area (Å²) in [5.41, 5.74) is 2.21. The van der Waals surface area contributed by atoms with Crippen molar-refractivity contribution in [3.05, 3.63) is 94.2 Å². The number of hydrogen-bond donors (Lipinski definition) is 1. The summed E-state index contributed by atoms with van der Waals surface area (Å²) < 4.78 is 0. The van der Waals surface area contributed by atoms with E-state index < -0.39 is 0 Å². The van der Waals surface area contributed by atoms with E-state index in [9.17, 15) is 4.79 Å². The van der Waals surface area contributed by atoms with E-state index in [-0.39, 0.29) is 11.9 Å². The lowest BCUT2D eigenvalue weighted by Gasteiger charge is -2.20. The molecule has 3 rings (SSSR count). The summed E-state index contributed by atoms with van der Waals surface area (Å²) in [6.45, 7) is 0. The summed E-state index contributed by atoms with van der Waals surface area (Å²) in [4.78, 5) is 13.8. The maximum absolute atomic E-state index is 12.4. The van der Waals surface area contributed by atoms with Crippen LogP contribution in [0.15, 0.2) is 78.2 Å². The third kappa shape index (κ3) is 4.56. The van der Waals surface area contributed by atoms with Gasteiger partial charge in [0.15, 0.2) is 0 Å². The van der Waals surface area contributed by atoms with Crippen LogP contribution in [-0.2, 0) is 11.2 Å². The minimum absolute atomic E-state index is 0.0957. The molecule has 0 spiro atoms. The van der Waals surface area contributed by atoms with Gasteiger partial charge >= 0.3 is 0 Å². The van der Waals surface area contributed by atoms with Gasteiger partial charge in [-0.2, -0.15) is 0 Å². The first-order chi connectivity index (χ1) is 11.8. The Hall–Kier alpha value is -2.39. The zero-order chi connectivity index (χ0) is 16.6. The third-order valence-corrected chi connectivity index (χ3v) is 4.91. The Morgan fingerprint density at radius 2 is 1.50 bits per heavy atom. The molecule has 0 atom stereocenters. The number of benzene rings is 2. The molecule has 0 fully saturated rings. The molecule has 0 saturated heterocycles. The Morgan fingerprint density at radius 1 is 0.875 bits per heavy atom. The molecular formula is C21H21NOS. The van der Waals surface area contributed by atoms with E-state index in [2.05, 4.69) is 47.1 Å². The van der Waals surface area contributed by atoms with Gasteiger partial charge in [0.2, 0.25) is 5.91 Å². The summed E-state index contributed by atoms with van der Waals surface area (Å²) in [5.74, 6) is 0.101. The van der Waals surface area contributed by atoms with Gasteiger partial charge in [0.05, 0.1) is 6.04 Å². The number of carbonyl (C=O) groups excluding carboxylic acids is 1. The normalized spacial score (nSPS) is 10.7. The van der Waals surface area contributed by atoms with E-state index in [0.29, 0.717) is 6.42 Å². The van der Waals surface area contributed by atoms with Crippen LogP contribution < -0.4 is 5.32 Å². The molecule has 0 saturated carbocycles. The fourth-order valence-corrected chi connectivity index (χ4v) is 3.51. The van der Waals surface area contributed by atoms with Crippen LogP contribution in [0.5, 0.6) is 0 Å². The third-order valence-electron chi connectivity index (χ3n) is 3.98. The highest BCUT2D eigenvalue weighted by Crippen LogP contribution is 2.22. The molecule has 1 N–H and O–H groups in total. The van der Waals surface area contributed by atoms with Gasteiger partial charge in [0, 0.05) is 11.3 Å². The fraction of sp³-hybridized carbons (Fsp3) is 0.190. The van der Waals surface area contributed by atoms with Crippen LogP contribution in [0.2, 0.25) is 0 Å². The number of carbonyl (C=O) groups is 1. The number of hydrogen-bond acceptors (Lipinski definition) is 2. The SMILES string of the molecule is O=C(CCCc1cccs1)NC(c1ccccc1)c1ccccc1. The lowest BCUT2D eigenvalue weighted by molar-refractivity contribution is -0.121. The van der Waals surface area contributed by atoms with Crippen LogP contribution >= 0.6 is 11.3 Å². The molecule has 1 aromatic heterocycles. The Kier molecular flexibility index (Phi) is 5.80. The second-order valence-corrected chi connectivity index (χ2v) is 6.79. The van der Waals surface area contributed by atoms with Gasteiger partial charge in [-0.1, -0.05) is 66.7 Å². The first-order valence-corrected chi connectivity index (χ1v) is 9.12. The van der Waals surface area contributed by atoms with Gasteiger partial charge in [-0.15, -0.1) is 11.3 Å². The fourth-order valence-electron chi connectivity index (χ4n) is 2.76. The van der Waals surface area contributed by atoms with E-state index in [4.69, 9.17) is 0 Å². The Bertz CT molecular complexity index is 699. The molecule has 0 aliphatic rings. The molecule has 3 aromatic rings. The highest BCUT2D eigenvalue weighted by molar-refractivity contribution is 7.09. The highest BCUT2D eigenvalue weighted by Gasteiger charge is 2.16. The van der Waals surface area contributed by atoms with Crippen molar-refractivity contribution in [2.75, 3.05) is 0 Å². The van der Waals surface area contributed by atoms with E-state index in [1.807, 2.05) is 36.4 Å². The zero-order valence-corrected chi connectivity index (χ0v) is 14.3. The number of amides is 1. The lowest BCUT2D eigenvalue weighted by Crippen LogP contribution is -2.29. The van der Waals surface area contributed by atoms with Crippen molar-refractivity contribution in [2.24, 2.45) is 0 Å². The van der Waals surface area contributed by atoms with Crippen molar-refractivity contribution >= 4 is 17.2 Å². The van der Waals surface area contributed by atoms with Crippen molar-refractivity contribution in [3.8, 4) is 0 Å². The average molecular weight is 335 g/mol. The lowest BCUT2D eigenvalue weighted by atomic mass is 9.98. The van der Waals surface area contributed by atoms with Crippen molar-refractivity contribution in [1.82, 2.24) is 5.32 Å². The Balaban J connectivity index is 1.64. The molecule has 0 bridgehead atoms. The van der Waals surface area contributed by atoms with E-state index in [1.165, 1.54) is 4.88 Å². The second-order valence-electron chi connectivity index (χ2n) is 5.75. The maximum Gasteiger partial charge on any atom is 0.220 e. The van der Waals surface area contributed by atoms with Gasteiger partial charge < -0.3 is 5.32 Å². The van der Waals surface area contributed by atoms with Crippen molar-refractivity contribution < 1.29 is 4.79 Å². The van der Waals surface area contributed by atoms with Crippen LogP contribution in [0.25, 0.3) is 0 Å². The van der Waals surface area contributed by atoms with Gasteiger partial charge in [-0.05, 0) is 35.4 Å². The summed E-state index contributed by atoms with van der Waals surface area (Å²) in [5, 5.41) is 5.27. The summed E-state index contributed by atoms with van der Waals surface area (Å²) in [6.07, 6.45) is 2.39. The molecule has 0 radical (unpaired) electrons. The molecule has 24 heavy (non-hydrogen) atoms. The Labute approximate surface area is 147 Å². The van der Waals surface area contributed by atoms with Gasteiger partial charge in [0.25, 0.3) is 0 Å². The van der Waals surface area contributed by atoms with Crippen LogP contribution in [-0.4, -0.2) is 5.91 Å². The van der Waals surface area contributed by atoms with Crippen molar-refractivity contribution in [3.63, 3.8) is 0 Å². The summed E-state index contributed by atoms with van der Waals surface area (Å²) in [7, 11) is 0. The molecule has 122 valence electrons. The Morgan fingerprint density at radius 3 is 2.04 bits per heavy atom. The maximum atomic E-state index is 12.4. The van der Waals surface area contributed by atoms with E-state index in [1.54, 1.807) is 11.3 Å². The van der Waals surface area contributed by atoms with Crippen LogP contribution in [0, 0.1) is 0 Å². The molecule has 1 heterocycles. The minimum Gasteiger partial charge on any atom is -0.345 e. The van der Waals surface area contributed by atoms with Crippen molar-refractivity contribution in [1.29, 1.82) is 0 Å². The number of nitrogens with one attached hydrogen (secondary N) is 1. The predicted molar refractivity (Wildman–Crippen MR) is 100 cm³/mol. The molecule has 0 unspecified atom stereocenters. The molecular weight excluding hydrogens is 314 g/mol. The molecule has 0 aliphatic carbocycles. The van der Waals surface area contributed by atoms with Crippen LogP contribution in [0.4, 0.5) is 0 Å². The number of thiophene rings is 1. The standard InChI is InChI=1S/C21H21NOS/c23-20(15-7-13-19-14-8-16-24-19)22-21(17-9-3-1-4-10-17)18-11-5-2-6-12-18/h1-6,8-12,14,16,21H,7,13,15H2,(H,22,23). The molecule has 0 aliphatic heterocycles. The molecule has 2 aromatic carbocycles. The highest BCUT2D eigenvalue weighted by atomic mass is 32.1. The summed E-state index contributed by atoms with van der Waals surface area (Å²) >= 11 is 1.75. The number of rotatable bonds is 7. The number of aryl methyl sites for hydroxylation is 1. The molecule has 2 nitrogen and oxygen atoms in total.